The van der Waals surface area contributed by atoms with E-state index in [1.807, 2.05) is 27.7 Å². The molecule has 0 spiro atoms. The van der Waals surface area contributed by atoms with Gasteiger partial charge in [0.1, 0.15) is 0 Å². The van der Waals surface area contributed by atoms with Gasteiger partial charge in [-0.15, -0.1) is 0 Å². The Balaban J connectivity index is 1.85. The third-order valence-electron chi connectivity index (χ3n) is 7.94. The van der Waals surface area contributed by atoms with Crippen LogP contribution in [-0.2, 0) is 4.74 Å². The fourth-order valence-corrected chi connectivity index (χ4v) is 6.19. The van der Waals surface area contributed by atoms with Crippen LogP contribution in [0.5, 0.6) is 0 Å². The summed E-state index contributed by atoms with van der Waals surface area (Å²) in [5, 5.41) is 11.5. The fraction of sp³-hybridized carbons (Fsp3) is 0.875. The van der Waals surface area contributed by atoms with Crippen LogP contribution in [-0.4, -0.2) is 33.8 Å². The van der Waals surface area contributed by atoms with E-state index in [4.69, 9.17) is 4.74 Å². The van der Waals surface area contributed by atoms with Crippen molar-refractivity contribution < 1.29 is 14.6 Å². The van der Waals surface area contributed by atoms with Crippen molar-refractivity contribution in [2.75, 3.05) is 0 Å². The summed E-state index contributed by atoms with van der Waals surface area (Å²) in [6.45, 7) is 12.9. The van der Waals surface area contributed by atoms with E-state index >= 15 is 0 Å². The molecule has 3 atom stereocenters. The van der Waals surface area contributed by atoms with E-state index in [-0.39, 0.29) is 24.1 Å². The molecule has 3 aliphatic carbocycles. The molecule has 0 radical (unpaired) electrons. The van der Waals surface area contributed by atoms with E-state index < -0.39 is 5.60 Å². The molecule has 4 nitrogen and oxygen atoms in total. The number of nitrogens with zero attached hydrogens (tertiary/aromatic N) is 1. The summed E-state index contributed by atoms with van der Waals surface area (Å²) < 4.78 is 5.76. The van der Waals surface area contributed by atoms with Crippen LogP contribution < -0.4 is 0 Å². The number of amides is 1. The van der Waals surface area contributed by atoms with Crippen molar-refractivity contribution in [3.8, 4) is 0 Å². The zero-order valence-corrected chi connectivity index (χ0v) is 18.8. The first-order valence-electron chi connectivity index (χ1n) is 11.5. The largest absolute Gasteiger partial charge is 0.418 e. The lowest BCUT2D eigenvalue weighted by Crippen LogP contribution is -2.47. The Hall–Kier alpha value is -1.03. The number of ether oxygens (including phenoxy) is 1. The molecule has 3 rings (SSSR count). The lowest BCUT2D eigenvalue weighted by molar-refractivity contribution is -0.0481. The minimum Gasteiger partial charge on any atom is -0.418 e. The van der Waals surface area contributed by atoms with Crippen molar-refractivity contribution in [2.45, 2.75) is 111 Å². The molecule has 4 heteroatoms. The van der Waals surface area contributed by atoms with E-state index in [9.17, 15) is 9.90 Å². The molecule has 0 unspecified atom stereocenters. The first-order chi connectivity index (χ1) is 13.0. The smallest absolute Gasteiger partial charge is 0.415 e. The fourth-order valence-electron chi connectivity index (χ4n) is 6.19. The van der Waals surface area contributed by atoms with Gasteiger partial charge in [-0.05, 0) is 89.0 Å². The zero-order valence-electron chi connectivity index (χ0n) is 18.8. The Labute approximate surface area is 171 Å². The second-order valence-corrected chi connectivity index (χ2v) is 10.9. The van der Waals surface area contributed by atoms with Crippen LogP contribution in [0.1, 0.15) is 92.9 Å². The van der Waals surface area contributed by atoms with Gasteiger partial charge in [0.15, 0.2) is 0 Å². The summed E-state index contributed by atoms with van der Waals surface area (Å²) in [4.78, 5) is 14.5. The maximum atomic E-state index is 12.7. The Bertz CT molecular complexity index is 593. The maximum Gasteiger partial charge on any atom is 0.415 e. The van der Waals surface area contributed by atoms with Crippen molar-refractivity contribution in [1.29, 1.82) is 0 Å². The molecule has 28 heavy (non-hydrogen) atoms. The maximum absolute atomic E-state index is 12.7. The standard InChI is InChI=1S/C24H41NO3/c1-16(2)25(17(3)4)22(26)28-15-20-18-9-12-23(5,6)19(13-18)14-21(20)24(27)10-7-8-11-24/h15-19,21,27H,7-14H2,1-6H3/b20-15-/t18-,19-,21+/m1/s1. The van der Waals surface area contributed by atoms with E-state index in [1.54, 1.807) is 11.2 Å². The van der Waals surface area contributed by atoms with Crippen molar-refractivity contribution >= 4 is 6.09 Å². The van der Waals surface area contributed by atoms with Gasteiger partial charge in [-0.1, -0.05) is 26.7 Å². The second kappa shape index (κ2) is 8.01. The number of fused-ring (bicyclic) bond motifs is 2. The lowest BCUT2D eigenvalue weighted by atomic mass is 9.54. The molecule has 0 aromatic carbocycles. The van der Waals surface area contributed by atoms with Crippen molar-refractivity contribution in [1.82, 2.24) is 4.90 Å². The van der Waals surface area contributed by atoms with Crippen LogP contribution in [0.3, 0.4) is 0 Å². The molecule has 0 aromatic heterocycles. The molecule has 3 aliphatic rings. The summed E-state index contributed by atoms with van der Waals surface area (Å²) >= 11 is 0. The van der Waals surface area contributed by atoms with E-state index in [2.05, 4.69) is 13.8 Å². The van der Waals surface area contributed by atoms with Crippen LogP contribution in [0.4, 0.5) is 4.79 Å². The summed E-state index contributed by atoms with van der Waals surface area (Å²) in [7, 11) is 0. The highest BCUT2D eigenvalue weighted by molar-refractivity contribution is 5.69. The van der Waals surface area contributed by atoms with Crippen LogP contribution in [0.25, 0.3) is 0 Å². The van der Waals surface area contributed by atoms with E-state index in [0.29, 0.717) is 17.3 Å². The lowest BCUT2D eigenvalue weighted by Gasteiger charge is -2.52. The Morgan fingerprint density at radius 3 is 2.29 bits per heavy atom. The number of rotatable bonds is 4. The molecule has 0 heterocycles. The monoisotopic (exact) mass is 391 g/mol. The molecular weight excluding hydrogens is 350 g/mol. The first-order valence-corrected chi connectivity index (χ1v) is 11.5. The normalized spacial score (nSPS) is 32.8. The van der Waals surface area contributed by atoms with Gasteiger partial charge in [-0.3, -0.25) is 0 Å². The quantitative estimate of drug-likeness (QED) is 0.608. The number of aliphatic hydroxyl groups is 1. The molecule has 0 aromatic rings. The summed E-state index contributed by atoms with van der Waals surface area (Å²) in [5.41, 5.74) is 0.938. The summed E-state index contributed by atoms with van der Waals surface area (Å²) in [6, 6.07) is 0.207. The van der Waals surface area contributed by atoms with Crippen molar-refractivity contribution in [2.24, 2.45) is 23.2 Å². The van der Waals surface area contributed by atoms with Gasteiger partial charge >= 0.3 is 6.09 Å². The highest BCUT2D eigenvalue weighted by atomic mass is 16.5. The summed E-state index contributed by atoms with van der Waals surface area (Å²) in [5.74, 6) is 1.23. The van der Waals surface area contributed by atoms with Gasteiger partial charge in [0.25, 0.3) is 0 Å². The predicted octanol–water partition coefficient (Wildman–Crippen LogP) is 5.89. The third kappa shape index (κ3) is 4.13. The SMILES string of the molecule is CC(C)N(C(=O)O/C=C1/[C@@H]2CCC(C)(C)[C@H](C2)C[C@@H]1C1(O)CCCC1)C(C)C. The van der Waals surface area contributed by atoms with Gasteiger partial charge < -0.3 is 14.7 Å². The topological polar surface area (TPSA) is 49.8 Å². The van der Waals surface area contributed by atoms with Crippen LogP contribution in [0, 0.1) is 23.2 Å². The molecule has 3 fully saturated rings. The number of hydrogen-bond acceptors (Lipinski definition) is 3. The zero-order chi connectivity index (χ0) is 20.7. The Morgan fingerprint density at radius 2 is 1.71 bits per heavy atom. The molecule has 2 bridgehead atoms. The minimum atomic E-state index is -0.613. The van der Waals surface area contributed by atoms with Crippen LogP contribution >= 0.6 is 0 Å². The summed E-state index contributed by atoms with van der Waals surface area (Å²) in [6.07, 6.45) is 10.00. The van der Waals surface area contributed by atoms with Gasteiger partial charge in [0.05, 0.1) is 11.9 Å². The highest BCUT2D eigenvalue weighted by Crippen LogP contribution is 2.57. The Morgan fingerprint density at radius 1 is 1.11 bits per heavy atom. The third-order valence-corrected chi connectivity index (χ3v) is 7.94. The highest BCUT2D eigenvalue weighted by Gasteiger charge is 2.51. The molecule has 0 saturated heterocycles. The van der Waals surface area contributed by atoms with Gasteiger partial charge in [-0.2, -0.15) is 0 Å². The number of hydrogen-bond donors (Lipinski definition) is 1. The van der Waals surface area contributed by atoms with Crippen molar-refractivity contribution in [3.63, 3.8) is 0 Å². The van der Waals surface area contributed by atoms with Crippen molar-refractivity contribution in [3.05, 3.63) is 11.8 Å². The van der Waals surface area contributed by atoms with Crippen LogP contribution in [0.15, 0.2) is 11.8 Å². The van der Waals surface area contributed by atoms with E-state index in [0.717, 1.165) is 38.5 Å². The van der Waals surface area contributed by atoms with E-state index in [1.165, 1.54) is 18.4 Å². The average Bonchev–Trinajstić information content (AvgIpc) is 3.04. The average molecular weight is 392 g/mol. The first kappa shape index (κ1) is 21.7. The predicted molar refractivity (Wildman–Crippen MR) is 113 cm³/mol. The van der Waals surface area contributed by atoms with Crippen LogP contribution in [0.2, 0.25) is 0 Å². The van der Waals surface area contributed by atoms with Gasteiger partial charge in [0, 0.05) is 18.0 Å². The minimum absolute atomic E-state index is 0.104. The molecular formula is C24H41NO3. The Kier molecular flexibility index (Phi) is 6.20. The molecule has 160 valence electrons. The number of carbonyl (C=O) groups is 1. The number of carbonyl (C=O) groups excluding carboxylic acids is 1. The molecule has 3 saturated carbocycles. The van der Waals surface area contributed by atoms with Gasteiger partial charge in [-0.25, -0.2) is 4.79 Å². The second-order valence-electron chi connectivity index (χ2n) is 10.9. The molecule has 1 N–H and O–H groups in total. The molecule has 0 aliphatic heterocycles. The molecule has 1 amide bonds. The van der Waals surface area contributed by atoms with Gasteiger partial charge in [0.2, 0.25) is 0 Å².